The summed E-state index contributed by atoms with van der Waals surface area (Å²) >= 11 is 0. The zero-order valence-electron chi connectivity index (χ0n) is 12.4. The minimum atomic E-state index is -0.210. The summed E-state index contributed by atoms with van der Waals surface area (Å²) in [7, 11) is 1.44. The van der Waals surface area contributed by atoms with Crippen molar-refractivity contribution in [3.63, 3.8) is 0 Å². The van der Waals surface area contributed by atoms with E-state index in [9.17, 15) is 4.79 Å². The molecule has 1 fully saturated rings. The number of hydrogen-bond acceptors (Lipinski definition) is 3. The Morgan fingerprint density at radius 1 is 1.25 bits per heavy atom. The molecule has 0 saturated carbocycles. The highest BCUT2D eigenvalue weighted by atomic mass is 16.5. The highest BCUT2D eigenvalue weighted by Gasteiger charge is 2.22. The fourth-order valence-corrected chi connectivity index (χ4v) is 2.55. The summed E-state index contributed by atoms with van der Waals surface area (Å²) in [6.45, 7) is 4.62. The molecule has 1 heterocycles. The standard InChI is InChI=1S/C16H24N2O2/c1-3-13-4-6-14(7-5-13)12-17-15-8-10-18(11-9-15)16(19)20-2/h4-7,15,17H,3,8-12H2,1-2H3. The van der Waals surface area contributed by atoms with Crippen molar-refractivity contribution in [2.75, 3.05) is 20.2 Å². The largest absolute Gasteiger partial charge is 0.453 e. The topological polar surface area (TPSA) is 41.6 Å². The lowest BCUT2D eigenvalue weighted by molar-refractivity contribution is 0.109. The number of ether oxygens (including phenoxy) is 1. The minimum Gasteiger partial charge on any atom is -0.453 e. The van der Waals surface area contributed by atoms with E-state index in [4.69, 9.17) is 4.74 Å². The molecule has 1 aromatic rings. The van der Waals surface area contributed by atoms with E-state index in [-0.39, 0.29) is 6.09 Å². The van der Waals surface area contributed by atoms with Crippen LogP contribution in [-0.4, -0.2) is 37.2 Å². The van der Waals surface area contributed by atoms with Crippen LogP contribution in [0.4, 0.5) is 4.79 Å². The van der Waals surface area contributed by atoms with E-state index in [2.05, 4.69) is 36.5 Å². The zero-order valence-corrected chi connectivity index (χ0v) is 12.4. The Balaban J connectivity index is 1.74. The summed E-state index contributed by atoms with van der Waals surface area (Å²) in [4.78, 5) is 13.2. The SMILES string of the molecule is CCc1ccc(CNC2CCN(C(=O)OC)CC2)cc1. The highest BCUT2D eigenvalue weighted by molar-refractivity contribution is 5.67. The molecule has 1 N–H and O–H groups in total. The van der Waals surface area contributed by atoms with Crippen molar-refractivity contribution in [3.8, 4) is 0 Å². The summed E-state index contributed by atoms with van der Waals surface area (Å²) in [5.74, 6) is 0. The van der Waals surface area contributed by atoms with Gasteiger partial charge in [0.1, 0.15) is 0 Å². The number of benzene rings is 1. The molecular formula is C16H24N2O2. The number of carbonyl (C=O) groups is 1. The predicted octanol–water partition coefficient (Wildman–Crippen LogP) is 2.57. The van der Waals surface area contributed by atoms with Crippen LogP contribution >= 0.6 is 0 Å². The van der Waals surface area contributed by atoms with Crippen LogP contribution in [0.15, 0.2) is 24.3 Å². The van der Waals surface area contributed by atoms with Gasteiger partial charge in [-0.3, -0.25) is 0 Å². The first kappa shape index (κ1) is 14.9. The Morgan fingerprint density at radius 2 is 1.85 bits per heavy atom. The number of likely N-dealkylation sites (tertiary alicyclic amines) is 1. The number of piperidine rings is 1. The molecule has 0 atom stereocenters. The number of methoxy groups -OCH3 is 1. The summed E-state index contributed by atoms with van der Waals surface area (Å²) in [6, 6.07) is 9.25. The molecule has 1 amide bonds. The molecule has 20 heavy (non-hydrogen) atoms. The smallest absolute Gasteiger partial charge is 0.409 e. The third-order valence-electron chi connectivity index (χ3n) is 3.95. The second kappa shape index (κ2) is 7.29. The lowest BCUT2D eigenvalue weighted by Crippen LogP contribution is -2.44. The van der Waals surface area contributed by atoms with Crippen molar-refractivity contribution in [3.05, 3.63) is 35.4 Å². The Morgan fingerprint density at radius 3 is 2.40 bits per heavy atom. The lowest BCUT2D eigenvalue weighted by Gasteiger charge is -2.31. The second-order valence-corrected chi connectivity index (χ2v) is 5.28. The number of carbonyl (C=O) groups excluding carboxylic acids is 1. The van der Waals surface area contributed by atoms with Gasteiger partial charge in [-0.25, -0.2) is 4.79 Å². The van der Waals surface area contributed by atoms with Crippen LogP contribution < -0.4 is 5.32 Å². The van der Waals surface area contributed by atoms with Crippen LogP contribution in [0.5, 0.6) is 0 Å². The molecule has 0 bridgehead atoms. The summed E-state index contributed by atoms with van der Waals surface area (Å²) < 4.78 is 4.74. The normalized spacial score (nSPS) is 16.2. The van der Waals surface area contributed by atoms with Gasteiger partial charge >= 0.3 is 6.09 Å². The molecule has 110 valence electrons. The molecule has 1 aromatic carbocycles. The summed E-state index contributed by atoms with van der Waals surface area (Å²) in [5, 5.41) is 3.57. The molecule has 4 nitrogen and oxygen atoms in total. The lowest BCUT2D eigenvalue weighted by atomic mass is 10.0. The van der Waals surface area contributed by atoms with Gasteiger partial charge in [0.25, 0.3) is 0 Å². The van der Waals surface area contributed by atoms with E-state index in [0.717, 1.165) is 38.9 Å². The molecule has 2 rings (SSSR count). The van der Waals surface area contributed by atoms with Gasteiger partial charge in [0.2, 0.25) is 0 Å². The molecule has 1 aliphatic heterocycles. The molecule has 0 spiro atoms. The van der Waals surface area contributed by atoms with Crippen molar-refractivity contribution in [1.29, 1.82) is 0 Å². The quantitative estimate of drug-likeness (QED) is 0.919. The number of amides is 1. The Labute approximate surface area is 121 Å². The van der Waals surface area contributed by atoms with Gasteiger partial charge in [0, 0.05) is 25.7 Å². The maximum atomic E-state index is 11.4. The van der Waals surface area contributed by atoms with E-state index in [0.29, 0.717) is 6.04 Å². The van der Waals surface area contributed by atoms with E-state index < -0.39 is 0 Å². The third-order valence-corrected chi connectivity index (χ3v) is 3.95. The Bertz CT molecular complexity index is 423. The average Bonchev–Trinajstić information content (AvgIpc) is 2.53. The van der Waals surface area contributed by atoms with Crippen molar-refractivity contribution >= 4 is 6.09 Å². The highest BCUT2D eigenvalue weighted by Crippen LogP contribution is 2.12. The third kappa shape index (κ3) is 3.97. The molecular weight excluding hydrogens is 252 g/mol. The van der Waals surface area contributed by atoms with Crippen molar-refractivity contribution in [2.24, 2.45) is 0 Å². The number of nitrogens with zero attached hydrogens (tertiary/aromatic N) is 1. The van der Waals surface area contributed by atoms with Crippen LogP contribution in [0.2, 0.25) is 0 Å². The van der Waals surface area contributed by atoms with E-state index in [1.807, 2.05) is 0 Å². The molecule has 0 aliphatic carbocycles. The predicted molar refractivity (Wildman–Crippen MR) is 79.7 cm³/mol. The van der Waals surface area contributed by atoms with Gasteiger partial charge in [0.15, 0.2) is 0 Å². The zero-order chi connectivity index (χ0) is 14.4. The van der Waals surface area contributed by atoms with Crippen molar-refractivity contribution < 1.29 is 9.53 Å². The first-order valence-electron chi connectivity index (χ1n) is 7.37. The van der Waals surface area contributed by atoms with Crippen LogP contribution in [-0.2, 0) is 17.7 Å². The Kier molecular flexibility index (Phi) is 5.41. The van der Waals surface area contributed by atoms with E-state index in [1.54, 1.807) is 4.90 Å². The molecule has 0 unspecified atom stereocenters. The maximum Gasteiger partial charge on any atom is 0.409 e. The second-order valence-electron chi connectivity index (χ2n) is 5.28. The van der Waals surface area contributed by atoms with Gasteiger partial charge in [-0.1, -0.05) is 31.2 Å². The van der Waals surface area contributed by atoms with Crippen LogP contribution in [0, 0.1) is 0 Å². The van der Waals surface area contributed by atoms with Crippen molar-refractivity contribution in [1.82, 2.24) is 10.2 Å². The van der Waals surface area contributed by atoms with Gasteiger partial charge in [-0.05, 0) is 30.4 Å². The fraction of sp³-hybridized carbons (Fsp3) is 0.562. The van der Waals surface area contributed by atoms with Crippen LogP contribution in [0.3, 0.4) is 0 Å². The average molecular weight is 276 g/mol. The first-order chi connectivity index (χ1) is 9.72. The number of hydrogen-bond donors (Lipinski definition) is 1. The van der Waals surface area contributed by atoms with Gasteiger partial charge < -0.3 is 15.0 Å². The molecule has 4 heteroatoms. The fourth-order valence-electron chi connectivity index (χ4n) is 2.55. The van der Waals surface area contributed by atoms with Crippen molar-refractivity contribution in [2.45, 2.75) is 38.8 Å². The maximum absolute atomic E-state index is 11.4. The number of rotatable bonds is 4. The Hall–Kier alpha value is -1.55. The molecule has 1 aliphatic rings. The van der Waals surface area contributed by atoms with Gasteiger partial charge in [-0.2, -0.15) is 0 Å². The van der Waals surface area contributed by atoms with Gasteiger partial charge in [0.05, 0.1) is 7.11 Å². The number of nitrogens with one attached hydrogen (secondary N) is 1. The van der Waals surface area contributed by atoms with Crippen LogP contribution in [0.25, 0.3) is 0 Å². The molecule has 0 radical (unpaired) electrons. The first-order valence-corrected chi connectivity index (χ1v) is 7.37. The van der Waals surface area contributed by atoms with E-state index >= 15 is 0 Å². The molecule has 1 saturated heterocycles. The summed E-state index contributed by atoms with van der Waals surface area (Å²) in [5.41, 5.74) is 2.69. The monoisotopic (exact) mass is 276 g/mol. The summed E-state index contributed by atoms with van der Waals surface area (Å²) in [6.07, 6.45) is 2.85. The number of aryl methyl sites for hydroxylation is 1. The van der Waals surface area contributed by atoms with E-state index in [1.165, 1.54) is 18.2 Å². The van der Waals surface area contributed by atoms with Gasteiger partial charge in [-0.15, -0.1) is 0 Å². The van der Waals surface area contributed by atoms with Crippen LogP contribution in [0.1, 0.15) is 30.9 Å². The minimum absolute atomic E-state index is 0.210. The molecule has 0 aromatic heterocycles.